The maximum absolute atomic E-state index is 8.74. The number of likely N-dealkylation sites (N-methyl/N-ethyl adjacent to an activating group) is 1. The molecule has 0 spiro atoms. The normalized spacial score (nSPS) is 10.8. The topological polar surface area (TPSA) is 105 Å². The molecule has 5 nitrogen and oxygen atoms in total. The lowest BCUT2D eigenvalue weighted by Gasteiger charge is -2.21. The summed E-state index contributed by atoms with van der Waals surface area (Å²) < 4.78 is 0. The number of rotatable bonds is 5. The summed E-state index contributed by atoms with van der Waals surface area (Å²) in [4.78, 5) is 1.88. The van der Waals surface area contributed by atoms with Crippen LogP contribution in [0.3, 0.4) is 0 Å². The van der Waals surface area contributed by atoms with Gasteiger partial charge in [-0.25, -0.2) is 0 Å². The Hall–Kier alpha value is -2.32. The Morgan fingerprint density at radius 3 is 2.35 bits per heavy atom. The molecule has 0 aliphatic heterocycles. The van der Waals surface area contributed by atoms with Crippen LogP contribution in [0.1, 0.15) is 11.1 Å². The van der Waals surface area contributed by atoms with Crippen LogP contribution in [0, 0.1) is 11.3 Å². The van der Waals surface area contributed by atoms with Crippen LogP contribution in [0.4, 0.5) is 0 Å². The van der Waals surface area contributed by atoms with Gasteiger partial charge in [0.2, 0.25) is 0 Å². The molecule has 0 heterocycles. The number of halogens is 1. The molecule has 106 valence electrons. The molecule has 1 rings (SSSR count). The number of nitriles is 1. The molecule has 0 atom stereocenters. The second-order valence-electron chi connectivity index (χ2n) is 4.35. The number of hydrogen-bond acceptors (Lipinski definition) is 5. The van der Waals surface area contributed by atoms with Gasteiger partial charge in [0.05, 0.1) is 17.3 Å². The molecule has 6 N–H and O–H groups in total. The molecule has 0 radical (unpaired) electrons. The van der Waals surface area contributed by atoms with Crippen molar-refractivity contribution in [3.8, 4) is 6.07 Å². The Labute approximate surface area is 123 Å². The SMILES string of the molecule is CN(CCc1ccc(C#N)cc1)C(/C=C(\N)Cl)=C(N)N. The fraction of sp³-hybridized carbons (Fsp3) is 0.214. The zero-order valence-electron chi connectivity index (χ0n) is 11.3. The zero-order chi connectivity index (χ0) is 15.1. The summed E-state index contributed by atoms with van der Waals surface area (Å²) in [5.74, 6) is 0.163. The van der Waals surface area contributed by atoms with Crippen molar-refractivity contribution in [1.82, 2.24) is 4.90 Å². The van der Waals surface area contributed by atoms with E-state index in [0.717, 1.165) is 12.0 Å². The van der Waals surface area contributed by atoms with Crippen LogP contribution in [-0.4, -0.2) is 18.5 Å². The number of benzene rings is 1. The molecule has 0 fully saturated rings. The van der Waals surface area contributed by atoms with Crippen molar-refractivity contribution in [3.05, 3.63) is 58.1 Å². The summed E-state index contributed by atoms with van der Waals surface area (Å²) in [7, 11) is 1.86. The largest absolute Gasteiger partial charge is 0.389 e. The molecule has 1 aromatic carbocycles. The Balaban J connectivity index is 2.70. The summed E-state index contributed by atoms with van der Waals surface area (Å²) in [6, 6.07) is 9.52. The Morgan fingerprint density at radius 1 is 1.30 bits per heavy atom. The van der Waals surface area contributed by atoms with Crippen LogP contribution in [0.2, 0.25) is 0 Å². The fourth-order valence-electron chi connectivity index (χ4n) is 1.71. The van der Waals surface area contributed by atoms with Crippen molar-refractivity contribution in [2.45, 2.75) is 6.42 Å². The van der Waals surface area contributed by atoms with E-state index in [1.165, 1.54) is 6.08 Å². The summed E-state index contributed by atoms with van der Waals surface area (Å²) in [5.41, 5.74) is 19.0. The quantitative estimate of drug-likeness (QED) is 0.558. The molecule has 0 amide bonds. The van der Waals surface area contributed by atoms with Crippen molar-refractivity contribution in [2.75, 3.05) is 13.6 Å². The smallest absolute Gasteiger partial charge is 0.118 e. The summed E-state index contributed by atoms with van der Waals surface area (Å²) >= 11 is 5.65. The van der Waals surface area contributed by atoms with Crippen molar-refractivity contribution < 1.29 is 0 Å². The van der Waals surface area contributed by atoms with Gasteiger partial charge in [0.15, 0.2) is 0 Å². The minimum Gasteiger partial charge on any atom is -0.389 e. The lowest BCUT2D eigenvalue weighted by molar-refractivity contribution is 0.429. The first kappa shape index (κ1) is 15.7. The van der Waals surface area contributed by atoms with E-state index in [9.17, 15) is 0 Å². The summed E-state index contributed by atoms with van der Waals surface area (Å²) in [6.45, 7) is 0.694. The Bertz CT molecular complexity index is 546. The van der Waals surface area contributed by atoms with E-state index in [2.05, 4.69) is 6.07 Å². The van der Waals surface area contributed by atoms with E-state index in [4.69, 9.17) is 34.1 Å². The van der Waals surface area contributed by atoms with Gasteiger partial charge < -0.3 is 22.1 Å². The van der Waals surface area contributed by atoms with Crippen molar-refractivity contribution in [2.24, 2.45) is 17.2 Å². The van der Waals surface area contributed by atoms with Gasteiger partial charge in [0, 0.05) is 13.6 Å². The molecule has 0 saturated heterocycles. The maximum Gasteiger partial charge on any atom is 0.118 e. The van der Waals surface area contributed by atoms with Crippen molar-refractivity contribution in [1.29, 1.82) is 5.26 Å². The Morgan fingerprint density at radius 2 is 1.90 bits per heavy atom. The van der Waals surface area contributed by atoms with Crippen LogP contribution in [-0.2, 0) is 6.42 Å². The van der Waals surface area contributed by atoms with E-state index in [1.54, 1.807) is 12.1 Å². The predicted molar refractivity (Wildman–Crippen MR) is 81.0 cm³/mol. The lowest BCUT2D eigenvalue weighted by Crippen LogP contribution is -2.26. The highest BCUT2D eigenvalue weighted by molar-refractivity contribution is 6.29. The van der Waals surface area contributed by atoms with Gasteiger partial charge in [-0.1, -0.05) is 23.7 Å². The Kier molecular flexibility index (Phi) is 5.75. The van der Waals surface area contributed by atoms with Crippen molar-refractivity contribution in [3.63, 3.8) is 0 Å². The van der Waals surface area contributed by atoms with Crippen LogP contribution in [0.5, 0.6) is 0 Å². The maximum atomic E-state index is 8.74. The minimum absolute atomic E-state index is 0.124. The number of nitrogens with zero attached hydrogens (tertiary/aromatic N) is 2. The van der Waals surface area contributed by atoms with Gasteiger partial charge in [-0.05, 0) is 30.2 Å². The monoisotopic (exact) mass is 291 g/mol. The van der Waals surface area contributed by atoms with Gasteiger partial charge in [0.1, 0.15) is 11.0 Å². The molecule has 0 aliphatic carbocycles. The average molecular weight is 292 g/mol. The highest BCUT2D eigenvalue weighted by Crippen LogP contribution is 2.10. The molecule has 0 aliphatic rings. The molecule has 1 aromatic rings. The second kappa shape index (κ2) is 7.31. The highest BCUT2D eigenvalue weighted by atomic mass is 35.5. The molecule has 20 heavy (non-hydrogen) atoms. The third kappa shape index (κ3) is 4.75. The summed E-state index contributed by atoms with van der Waals surface area (Å²) in [5, 5.41) is 8.87. The molecule has 0 saturated carbocycles. The molecular formula is C14H18ClN5. The molecule has 6 heteroatoms. The van der Waals surface area contributed by atoms with E-state index in [0.29, 0.717) is 17.8 Å². The van der Waals surface area contributed by atoms with E-state index in [1.807, 2.05) is 24.1 Å². The zero-order valence-corrected chi connectivity index (χ0v) is 12.1. The van der Waals surface area contributed by atoms with Crippen LogP contribution in [0.25, 0.3) is 0 Å². The third-order valence-corrected chi connectivity index (χ3v) is 2.91. The molecule has 0 unspecified atom stereocenters. The van der Waals surface area contributed by atoms with Gasteiger partial charge in [-0.15, -0.1) is 0 Å². The predicted octanol–water partition coefficient (Wildman–Crippen LogP) is 1.16. The van der Waals surface area contributed by atoms with Crippen molar-refractivity contribution >= 4 is 11.6 Å². The minimum atomic E-state index is 0.124. The highest BCUT2D eigenvalue weighted by Gasteiger charge is 2.06. The first-order valence-corrected chi connectivity index (χ1v) is 6.40. The van der Waals surface area contributed by atoms with Crippen LogP contribution in [0.15, 0.2) is 47.0 Å². The van der Waals surface area contributed by atoms with Gasteiger partial charge >= 0.3 is 0 Å². The summed E-state index contributed by atoms with van der Waals surface area (Å²) in [6.07, 6.45) is 2.31. The fourth-order valence-corrected chi connectivity index (χ4v) is 1.81. The molecule has 0 bridgehead atoms. The first-order valence-electron chi connectivity index (χ1n) is 6.02. The number of hydrogen-bond donors (Lipinski definition) is 3. The number of nitrogens with two attached hydrogens (primary N) is 3. The number of allylic oxidation sites excluding steroid dienone is 1. The van der Waals surface area contributed by atoms with Crippen LogP contribution < -0.4 is 17.2 Å². The molecule has 0 aromatic heterocycles. The standard InChI is InChI=1S/C14H18ClN5/c1-20(12(14(18)19)8-13(15)17)7-6-10-2-4-11(9-16)5-3-10/h2-5,8H,6-7,17-19H2,1H3/b13-8-. The first-order chi connectivity index (χ1) is 9.43. The van der Waals surface area contributed by atoms with Gasteiger partial charge in [-0.3, -0.25) is 0 Å². The molecular weight excluding hydrogens is 274 g/mol. The lowest BCUT2D eigenvalue weighted by atomic mass is 10.1. The van der Waals surface area contributed by atoms with E-state index in [-0.39, 0.29) is 11.0 Å². The third-order valence-electron chi connectivity index (χ3n) is 2.80. The second-order valence-corrected chi connectivity index (χ2v) is 4.79. The van der Waals surface area contributed by atoms with Crippen LogP contribution >= 0.6 is 11.6 Å². The van der Waals surface area contributed by atoms with Gasteiger partial charge in [-0.2, -0.15) is 5.26 Å². The van der Waals surface area contributed by atoms with Gasteiger partial charge in [0.25, 0.3) is 0 Å². The van der Waals surface area contributed by atoms with E-state index >= 15 is 0 Å². The van der Waals surface area contributed by atoms with E-state index < -0.39 is 0 Å². The average Bonchev–Trinajstić information content (AvgIpc) is 2.42.